The van der Waals surface area contributed by atoms with Crippen molar-refractivity contribution in [2.24, 2.45) is 5.92 Å². The van der Waals surface area contributed by atoms with Gasteiger partial charge in [-0.3, -0.25) is 4.79 Å². The third-order valence-corrected chi connectivity index (χ3v) is 4.92. The molecule has 1 saturated heterocycles. The Bertz CT molecular complexity index is 544. The summed E-state index contributed by atoms with van der Waals surface area (Å²) in [6.07, 6.45) is 0. The Hall–Kier alpha value is -1.30. The molecule has 2 rings (SSSR count). The van der Waals surface area contributed by atoms with Crippen molar-refractivity contribution < 1.29 is 4.79 Å². The zero-order valence-electron chi connectivity index (χ0n) is 14.9. The van der Waals surface area contributed by atoms with Crippen LogP contribution in [0.4, 0.5) is 5.69 Å². The minimum Gasteiger partial charge on any atom is -0.388 e. The molecule has 1 aliphatic heterocycles. The number of amides is 1. The molecule has 1 aromatic rings. The Morgan fingerprint density at radius 2 is 1.92 bits per heavy atom. The van der Waals surface area contributed by atoms with Crippen molar-refractivity contribution in [1.29, 1.82) is 0 Å². The lowest BCUT2D eigenvalue weighted by Gasteiger charge is -2.35. The molecule has 2 N–H and O–H groups in total. The maximum atomic E-state index is 12.4. The second-order valence-electron chi connectivity index (χ2n) is 6.49. The molecule has 6 heteroatoms. The molecule has 1 fully saturated rings. The molecule has 134 valence electrons. The molecule has 1 heterocycles. The molecule has 0 bridgehead atoms. The smallest absolute Gasteiger partial charge is 0.252 e. The van der Waals surface area contributed by atoms with Crippen LogP contribution in [0.15, 0.2) is 18.2 Å². The van der Waals surface area contributed by atoms with Gasteiger partial charge in [-0.05, 0) is 30.7 Å². The number of rotatable bonds is 7. The summed E-state index contributed by atoms with van der Waals surface area (Å²) in [4.78, 5) is 17.3. The average molecular weight is 353 g/mol. The third-order valence-electron chi connectivity index (χ3n) is 4.59. The van der Waals surface area contributed by atoms with E-state index in [-0.39, 0.29) is 5.91 Å². The minimum atomic E-state index is -0.111. The Morgan fingerprint density at radius 1 is 1.25 bits per heavy atom. The van der Waals surface area contributed by atoms with Crippen molar-refractivity contribution in [2.45, 2.75) is 13.8 Å². The number of benzene rings is 1. The summed E-state index contributed by atoms with van der Waals surface area (Å²) in [5.41, 5.74) is 1.40. The van der Waals surface area contributed by atoms with Crippen molar-refractivity contribution in [3.8, 4) is 0 Å². The number of hydrogen-bond acceptors (Lipinski definition) is 4. The van der Waals surface area contributed by atoms with Gasteiger partial charge in [-0.15, -0.1) is 0 Å². The number of likely N-dealkylation sites (N-methyl/N-ethyl adjacent to an activating group) is 1. The van der Waals surface area contributed by atoms with E-state index in [4.69, 9.17) is 11.6 Å². The van der Waals surface area contributed by atoms with E-state index in [9.17, 15) is 4.79 Å². The van der Waals surface area contributed by atoms with E-state index in [0.717, 1.165) is 45.0 Å². The van der Waals surface area contributed by atoms with Gasteiger partial charge in [0.25, 0.3) is 5.91 Å². The van der Waals surface area contributed by atoms with E-state index in [2.05, 4.69) is 34.3 Å². The van der Waals surface area contributed by atoms with Crippen LogP contribution in [0.25, 0.3) is 0 Å². The van der Waals surface area contributed by atoms with Gasteiger partial charge in [0.15, 0.2) is 0 Å². The van der Waals surface area contributed by atoms with Gasteiger partial charge in [0.2, 0.25) is 0 Å². The topological polar surface area (TPSA) is 47.6 Å². The third kappa shape index (κ3) is 5.36. The van der Waals surface area contributed by atoms with Gasteiger partial charge in [0.1, 0.15) is 0 Å². The summed E-state index contributed by atoms with van der Waals surface area (Å²) >= 11 is 6.14. The predicted octanol–water partition coefficient (Wildman–Crippen LogP) is 2.39. The molecule has 1 aromatic carbocycles. The number of piperazine rings is 1. The molecule has 0 aromatic heterocycles. The second kappa shape index (κ2) is 9.25. The first-order chi connectivity index (χ1) is 11.5. The van der Waals surface area contributed by atoms with Gasteiger partial charge >= 0.3 is 0 Å². The van der Waals surface area contributed by atoms with E-state index >= 15 is 0 Å². The highest BCUT2D eigenvalue weighted by Gasteiger charge is 2.18. The van der Waals surface area contributed by atoms with Crippen LogP contribution in [0.1, 0.15) is 24.2 Å². The highest BCUT2D eigenvalue weighted by Crippen LogP contribution is 2.20. The Morgan fingerprint density at radius 3 is 2.54 bits per heavy atom. The number of hydrogen-bond donors (Lipinski definition) is 2. The molecule has 1 atom stereocenters. The minimum absolute atomic E-state index is 0.111. The van der Waals surface area contributed by atoms with E-state index in [0.29, 0.717) is 23.0 Å². The molecule has 0 spiro atoms. The lowest BCUT2D eigenvalue weighted by molar-refractivity contribution is 0.0934. The standard InChI is InChI=1S/C18H29ClN4O/c1-4-22-7-9-23(10-8-22)13-14(2)12-21-18(24)16-11-15(20-3)5-6-17(16)19/h5-6,11,14,20H,4,7-10,12-13H2,1-3H3,(H,21,24). The maximum absolute atomic E-state index is 12.4. The molecule has 5 nitrogen and oxygen atoms in total. The molecule has 0 aliphatic carbocycles. The molecule has 0 saturated carbocycles. The average Bonchev–Trinajstić information content (AvgIpc) is 2.60. The highest BCUT2D eigenvalue weighted by atomic mass is 35.5. The molecule has 0 radical (unpaired) electrons. The van der Waals surface area contributed by atoms with Crippen LogP contribution in [-0.4, -0.2) is 68.6 Å². The van der Waals surface area contributed by atoms with Gasteiger partial charge in [-0.25, -0.2) is 0 Å². The van der Waals surface area contributed by atoms with E-state index < -0.39 is 0 Å². The number of nitrogens with one attached hydrogen (secondary N) is 2. The first-order valence-corrected chi connectivity index (χ1v) is 9.11. The summed E-state index contributed by atoms with van der Waals surface area (Å²) in [6.45, 7) is 11.7. The largest absolute Gasteiger partial charge is 0.388 e. The molecule has 1 aliphatic rings. The summed E-state index contributed by atoms with van der Waals surface area (Å²) in [7, 11) is 1.82. The van der Waals surface area contributed by atoms with Crippen molar-refractivity contribution in [2.75, 3.05) is 58.2 Å². The van der Waals surface area contributed by atoms with Crippen LogP contribution in [0.2, 0.25) is 5.02 Å². The lowest BCUT2D eigenvalue weighted by atomic mass is 10.1. The fourth-order valence-electron chi connectivity index (χ4n) is 3.01. The van der Waals surface area contributed by atoms with Gasteiger partial charge in [0.05, 0.1) is 10.6 Å². The number of anilines is 1. The van der Waals surface area contributed by atoms with Crippen molar-refractivity contribution in [1.82, 2.24) is 15.1 Å². The predicted molar refractivity (Wildman–Crippen MR) is 101 cm³/mol. The molecule has 1 amide bonds. The Labute approximate surface area is 150 Å². The van der Waals surface area contributed by atoms with E-state index in [1.165, 1.54) is 0 Å². The summed E-state index contributed by atoms with van der Waals surface area (Å²) in [5.74, 6) is 0.299. The van der Waals surface area contributed by atoms with Gasteiger partial charge in [-0.2, -0.15) is 0 Å². The van der Waals surface area contributed by atoms with Crippen LogP contribution in [0, 0.1) is 5.92 Å². The van der Waals surface area contributed by atoms with Crippen LogP contribution >= 0.6 is 11.6 Å². The number of nitrogens with zero attached hydrogens (tertiary/aromatic N) is 2. The highest BCUT2D eigenvalue weighted by molar-refractivity contribution is 6.34. The fourth-order valence-corrected chi connectivity index (χ4v) is 3.21. The monoisotopic (exact) mass is 352 g/mol. The van der Waals surface area contributed by atoms with Crippen molar-refractivity contribution in [3.05, 3.63) is 28.8 Å². The van der Waals surface area contributed by atoms with E-state index in [1.807, 2.05) is 13.1 Å². The molecular formula is C18H29ClN4O. The van der Waals surface area contributed by atoms with Crippen LogP contribution in [-0.2, 0) is 0 Å². The van der Waals surface area contributed by atoms with Crippen LogP contribution in [0.5, 0.6) is 0 Å². The lowest BCUT2D eigenvalue weighted by Crippen LogP contribution is -2.48. The molecule has 24 heavy (non-hydrogen) atoms. The van der Waals surface area contributed by atoms with Crippen molar-refractivity contribution in [3.63, 3.8) is 0 Å². The first kappa shape index (κ1) is 19.0. The van der Waals surface area contributed by atoms with Crippen LogP contribution in [0.3, 0.4) is 0 Å². The number of carbonyl (C=O) groups is 1. The summed E-state index contributed by atoms with van der Waals surface area (Å²) < 4.78 is 0. The zero-order chi connectivity index (χ0) is 17.5. The number of carbonyl (C=O) groups excluding carboxylic acids is 1. The molecular weight excluding hydrogens is 324 g/mol. The normalized spacial score (nSPS) is 17.5. The number of halogens is 1. The summed E-state index contributed by atoms with van der Waals surface area (Å²) in [5, 5.41) is 6.52. The first-order valence-electron chi connectivity index (χ1n) is 8.73. The quantitative estimate of drug-likeness (QED) is 0.791. The van der Waals surface area contributed by atoms with Crippen LogP contribution < -0.4 is 10.6 Å². The zero-order valence-corrected chi connectivity index (χ0v) is 15.7. The Balaban J connectivity index is 1.79. The summed E-state index contributed by atoms with van der Waals surface area (Å²) in [6, 6.07) is 5.39. The molecule has 1 unspecified atom stereocenters. The van der Waals surface area contributed by atoms with Gasteiger partial charge in [-0.1, -0.05) is 25.4 Å². The van der Waals surface area contributed by atoms with Crippen molar-refractivity contribution >= 4 is 23.2 Å². The van der Waals surface area contributed by atoms with E-state index in [1.54, 1.807) is 12.1 Å². The van der Waals surface area contributed by atoms with Gasteiger partial charge < -0.3 is 20.4 Å². The maximum Gasteiger partial charge on any atom is 0.252 e. The van der Waals surface area contributed by atoms with Gasteiger partial charge in [0, 0.05) is 52.0 Å². The second-order valence-corrected chi connectivity index (χ2v) is 6.90. The fraction of sp³-hybridized carbons (Fsp3) is 0.611. The SMILES string of the molecule is CCN1CCN(CC(C)CNC(=O)c2cc(NC)ccc2Cl)CC1. The Kier molecular flexibility index (Phi) is 7.34.